The van der Waals surface area contributed by atoms with E-state index in [4.69, 9.17) is 0 Å². The van der Waals surface area contributed by atoms with E-state index in [2.05, 4.69) is 30.6 Å². The Morgan fingerprint density at radius 2 is 2.21 bits per heavy atom. The Labute approximate surface area is 120 Å². The van der Waals surface area contributed by atoms with Crippen molar-refractivity contribution >= 4 is 21.9 Å². The highest BCUT2D eigenvalue weighted by atomic mass is 79.9. The number of rotatable bonds is 4. The van der Waals surface area contributed by atoms with Crippen LogP contribution in [0.3, 0.4) is 0 Å². The van der Waals surface area contributed by atoms with Crippen molar-refractivity contribution in [2.75, 3.05) is 7.11 Å². The van der Waals surface area contributed by atoms with Crippen molar-refractivity contribution in [2.24, 2.45) is 0 Å². The fourth-order valence-electron chi connectivity index (χ4n) is 1.64. The predicted molar refractivity (Wildman–Crippen MR) is 75.5 cm³/mol. The molecule has 0 N–H and O–H groups in total. The van der Waals surface area contributed by atoms with Gasteiger partial charge >= 0.3 is 5.97 Å². The lowest BCUT2D eigenvalue weighted by Crippen LogP contribution is -2.04. The number of halogens is 1. The van der Waals surface area contributed by atoms with E-state index < -0.39 is 0 Å². The van der Waals surface area contributed by atoms with Crippen LogP contribution in [0.2, 0.25) is 0 Å². The standard InChI is InChI=1S/C14H13BrN2O2/c1-19-14(18)6-5-13-16-8-7-12(17-13)10-3-2-4-11(15)9-10/h2-4,7-9H,5-6H2,1H3. The van der Waals surface area contributed by atoms with Gasteiger partial charge in [-0.05, 0) is 18.2 Å². The van der Waals surface area contributed by atoms with E-state index in [1.807, 2.05) is 30.3 Å². The molecule has 0 bridgehead atoms. The third kappa shape index (κ3) is 3.86. The van der Waals surface area contributed by atoms with Crippen LogP contribution in [0.1, 0.15) is 12.2 Å². The molecule has 1 aromatic carbocycles. The van der Waals surface area contributed by atoms with Crippen molar-refractivity contribution in [1.29, 1.82) is 0 Å². The molecule has 5 heteroatoms. The highest BCUT2D eigenvalue weighted by Crippen LogP contribution is 2.21. The van der Waals surface area contributed by atoms with Gasteiger partial charge in [-0.3, -0.25) is 4.79 Å². The molecular weight excluding hydrogens is 308 g/mol. The van der Waals surface area contributed by atoms with Gasteiger partial charge in [-0.2, -0.15) is 0 Å². The van der Waals surface area contributed by atoms with Crippen molar-refractivity contribution in [1.82, 2.24) is 9.97 Å². The van der Waals surface area contributed by atoms with E-state index in [0.717, 1.165) is 15.7 Å². The van der Waals surface area contributed by atoms with Gasteiger partial charge in [0.15, 0.2) is 0 Å². The molecule has 2 aromatic rings. The Morgan fingerprint density at radius 3 is 2.95 bits per heavy atom. The van der Waals surface area contributed by atoms with Gasteiger partial charge in [0.25, 0.3) is 0 Å². The van der Waals surface area contributed by atoms with Crippen LogP contribution in [0.4, 0.5) is 0 Å². The third-order valence-corrected chi connectivity index (χ3v) is 3.10. The molecular formula is C14H13BrN2O2. The average Bonchev–Trinajstić information content (AvgIpc) is 2.45. The second-order valence-corrected chi connectivity index (χ2v) is 4.86. The number of aromatic nitrogens is 2. The van der Waals surface area contributed by atoms with Crippen molar-refractivity contribution in [3.63, 3.8) is 0 Å². The first-order valence-electron chi connectivity index (χ1n) is 5.83. The zero-order valence-corrected chi connectivity index (χ0v) is 12.1. The van der Waals surface area contributed by atoms with Crippen LogP contribution in [0.15, 0.2) is 41.0 Å². The minimum atomic E-state index is -0.253. The lowest BCUT2D eigenvalue weighted by atomic mass is 10.1. The van der Waals surface area contributed by atoms with Gasteiger partial charge in [0.1, 0.15) is 5.82 Å². The SMILES string of the molecule is COC(=O)CCc1nccc(-c2cccc(Br)c2)n1. The van der Waals surface area contributed by atoms with Crippen LogP contribution in [-0.4, -0.2) is 23.0 Å². The second-order valence-electron chi connectivity index (χ2n) is 3.94. The van der Waals surface area contributed by atoms with E-state index in [-0.39, 0.29) is 5.97 Å². The highest BCUT2D eigenvalue weighted by Gasteiger charge is 2.06. The van der Waals surface area contributed by atoms with E-state index in [0.29, 0.717) is 18.7 Å². The number of hydrogen-bond donors (Lipinski definition) is 0. The van der Waals surface area contributed by atoms with Crippen LogP contribution >= 0.6 is 15.9 Å². The number of benzene rings is 1. The zero-order chi connectivity index (χ0) is 13.7. The largest absolute Gasteiger partial charge is 0.469 e. The number of aryl methyl sites for hydroxylation is 1. The fraction of sp³-hybridized carbons (Fsp3) is 0.214. The maximum atomic E-state index is 11.1. The second kappa shape index (κ2) is 6.43. The van der Waals surface area contributed by atoms with Crippen LogP contribution in [0.25, 0.3) is 11.3 Å². The van der Waals surface area contributed by atoms with Crippen LogP contribution in [0.5, 0.6) is 0 Å². The van der Waals surface area contributed by atoms with E-state index in [9.17, 15) is 4.79 Å². The molecule has 4 nitrogen and oxygen atoms in total. The molecule has 0 unspecified atom stereocenters. The summed E-state index contributed by atoms with van der Waals surface area (Å²) in [6, 6.07) is 9.74. The number of carbonyl (C=O) groups excluding carboxylic acids is 1. The molecule has 0 saturated carbocycles. The number of nitrogens with zero attached hydrogens (tertiary/aromatic N) is 2. The molecule has 0 aliphatic heterocycles. The quantitative estimate of drug-likeness (QED) is 0.812. The molecule has 0 spiro atoms. The number of carbonyl (C=O) groups is 1. The van der Waals surface area contributed by atoms with Gasteiger partial charge < -0.3 is 4.74 Å². The Kier molecular flexibility index (Phi) is 4.63. The van der Waals surface area contributed by atoms with Gasteiger partial charge in [0.05, 0.1) is 19.2 Å². The summed E-state index contributed by atoms with van der Waals surface area (Å²) in [5.74, 6) is 0.388. The summed E-state index contributed by atoms with van der Waals surface area (Å²) >= 11 is 3.43. The molecule has 19 heavy (non-hydrogen) atoms. The van der Waals surface area contributed by atoms with Crippen molar-refractivity contribution in [3.05, 3.63) is 46.8 Å². The maximum absolute atomic E-state index is 11.1. The van der Waals surface area contributed by atoms with Crippen LogP contribution < -0.4 is 0 Å². The summed E-state index contributed by atoms with van der Waals surface area (Å²) in [6.45, 7) is 0. The van der Waals surface area contributed by atoms with Gasteiger partial charge in [-0.1, -0.05) is 28.1 Å². The molecule has 1 aromatic heterocycles. The topological polar surface area (TPSA) is 52.1 Å². The molecule has 0 aliphatic carbocycles. The predicted octanol–water partition coefficient (Wildman–Crippen LogP) is 3.01. The molecule has 0 atom stereocenters. The van der Waals surface area contributed by atoms with Crippen LogP contribution in [0, 0.1) is 0 Å². The first-order valence-corrected chi connectivity index (χ1v) is 6.63. The first-order chi connectivity index (χ1) is 9.19. The summed E-state index contributed by atoms with van der Waals surface area (Å²) in [6.07, 6.45) is 2.48. The van der Waals surface area contributed by atoms with Crippen LogP contribution in [-0.2, 0) is 16.0 Å². The Balaban J connectivity index is 2.17. The molecule has 0 fully saturated rings. The molecule has 0 saturated heterocycles. The van der Waals surface area contributed by atoms with E-state index in [1.54, 1.807) is 6.20 Å². The summed E-state index contributed by atoms with van der Waals surface area (Å²) < 4.78 is 5.60. The van der Waals surface area contributed by atoms with Gasteiger partial charge in [0, 0.05) is 22.7 Å². The molecule has 2 rings (SSSR count). The lowest BCUT2D eigenvalue weighted by Gasteiger charge is -2.04. The van der Waals surface area contributed by atoms with Crippen molar-refractivity contribution < 1.29 is 9.53 Å². The smallest absolute Gasteiger partial charge is 0.305 e. The summed E-state index contributed by atoms with van der Waals surface area (Å²) in [5, 5.41) is 0. The van der Waals surface area contributed by atoms with Gasteiger partial charge in [0.2, 0.25) is 0 Å². The van der Waals surface area contributed by atoms with E-state index in [1.165, 1.54) is 7.11 Å². The molecule has 0 aliphatic rings. The number of hydrogen-bond acceptors (Lipinski definition) is 4. The van der Waals surface area contributed by atoms with Crippen molar-refractivity contribution in [2.45, 2.75) is 12.8 Å². The minimum Gasteiger partial charge on any atom is -0.469 e. The van der Waals surface area contributed by atoms with Gasteiger partial charge in [-0.25, -0.2) is 9.97 Å². The number of ether oxygens (including phenoxy) is 1. The Morgan fingerprint density at radius 1 is 1.37 bits per heavy atom. The van der Waals surface area contributed by atoms with Crippen molar-refractivity contribution in [3.8, 4) is 11.3 Å². The average molecular weight is 321 g/mol. The number of esters is 1. The minimum absolute atomic E-state index is 0.253. The first kappa shape index (κ1) is 13.7. The Hall–Kier alpha value is -1.75. The fourth-order valence-corrected chi connectivity index (χ4v) is 2.04. The summed E-state index contributed by atoms with van der Waals surface area (Å²) in [4.78, 5) is 19.7. The van der Waals surface area contributed by atoms with E-state index >= 15 is 0 Å². The number of methoxy groups -OCH3 is 1. The lowest BCUT2D eigenvalue weighted by molar-refractivity contribution is -0.140. The summed E-state index contributed by atoms with van der Waals surface area (Å²) in [5.41, 5.74) is 1.85. The zero-order valence-electron chi connectivity index (χ0n) is 10.5. The molecule has 98 valence electrons. The normalized spacial score (nSPS) is 10.2. The molecule has 0 amide bonds. The highest BCUT2D eigenvalue weighted by molar-refractivity contribution is 9.10. The summed E-state index contributed by atoms with van der Waals surface area (Å²) in [7, 11) is 1.38. The third-order valence-electron chi connectivity index (χ3n) is 2.61. The monoisotopic (exact) mass is 320 g/mol. The molecule has 1 heterocycles. The molecule has 0 radical (unpaired) electrons. The Bertz CT molecular complexity index is 587. The maximum Gasteiger partial charge on any atom is 0.305 e. The van der Waals surface area contributed by atoms with Gasteiger partial charge in [-0.15, -0.1) is 0 Å².